The SMILES string of the molecule is CC(C)=C(C)c1cc(N)ccc1N.Cl. The second-order valence-electron chi connectivity index (χ2n) is 3.47. The van der Waals surface area contributed by atoms with Crippen molar-refractivity contribution in [3.63, 3.8) is 0 Å². The molecular weight excluding hydrogens is 196 g/mol. The molecule has 0 fully saturated rings. The zero-order valence-corrected chi connectivity index (χ0v) is 9.61. The van der Waals surface area contributed by atoms with Gasteiger partial charge in [0.25, 0.3) is 0 Å². The van der Waals surface area contributed by atoms with Crippen molar-refractivity contribution in [2.75, 3.05) is 11.5 Å². The van der Waals surface area contributed by atoms with Crippen molar-refractivity contribution >= 4 is 29.4 Å². The van der Waals surface area contributed by atoms with E-state index in [0.717, 1.165) is 16.9 Å². The molecule has 3 heteroatoms. The molecule has 1 aromatic rings. The summed E-state index contributed by atoms with van der Waals surface area (Å²) in [4.78, 5) is 0. The molecule has 0 radical (unpaired) electrons. The van der Waals surface area contributed by atoms with E-state index < -0.39 is 0 Å². The summed E-state index contributed by atoms with van der Waals surface area (Å²) in [6, 6.07) is 5.58. The summed E-state index contributed by atoms with van der Waals surface area (Å²) < 4.78 is 0. The summed E-state index contributed by atoms with van der Waals surface area (Å²) in [5.74, 6) is 0. The quantitative estimate of drug-likeness (QED) is 0.703. The van der Waals surface area contributed by atoms with Gasteiger partial charge >= 0.3 is 0 Å². The van der Waals surface area contributed by atoms with Gasteiger partial charge in [0.15, 0.2) is 0 Å². The third kappa shape index (κ3) is 2.67. The third-order valence-electron chi connectivity index (χ3n) is 2.23. The topological polar surface area (TPSA) is 52.0 Å². The Balaban J connectivity index is 0.00000169. The van der Waals surface area contributed by atoms with E-state index in [0.29, 0.717) is 0 Å². The molecule has 14 heavy (non-hydrogen) atoms. The maximum Gasteiger partial charge on any atom is 0.0391 e. The Kier molecular flexibility index (Phi) is 4.51. The average Bonchev–Trinajstić information content (AvgIpc) is 2.08. The van der Waals surface area contributed by atoms with Gasteiger partial charge in [-0.1, -0.05) is 5.57 Å². The lowest BCUT2D eigenvalue weighted by Gasteiger charge is -2.08. The van der Waals surface area contributed by atoms with Gasteiger partial charge in [0, 0.05) is 16.9 Å². The standard InChI is InChI=1S/C11H16N2.ClH/c1-7(2)8(3)10-6-9(12)4-5-11(10)13;/h4-6H,12-13H2,1-3H3;1H. The van der Waals surface area contributed by atoms with Crippen LogP contribution in [0, 0.1) is 0 Å². The molecular formula is C11H17ClN2. The number of anilines is 2. The number of allylic oxidation sites excluding steroid dienone is 2. The molecule has 0 unspecified atom stereocenters. The van der Waals surface area contributed by atoms with Gasteiger partial charge in [0.1, 0.15) is 0 Å². The molecule has 0 heterocycles. The Hall–Kier alpha value is -1.15. The molecule has 4 N–H and O–H groups in total. The van der Waals surface area contributed by atoms with Crippen LogP contribution in [-0.4, -0.2) is 0 Å². The molecule has 0 saturated heterocycles. The molecule has 0 saturated carbocycles. The fraction of sp³-hybridized carbons (Fsp3) is 0.273. The maximum atomic E-state index is 5.84. The second kappa shape index (κ2) is 4.91. The van der Waals surface area contributed by atoms with Crippen LogP contribution in [0.3, 0.4) is 0 Å². The van der Waals surface area contributed by atoms with Crippen molar-refractivity contribution in [1.29, 1.82) is 0 Å². The second-order valence-corrected chi connectivity index (χ2v) is 3.47. The highest BCUT2D eigenvalue weighted by Crippen LogP contribution is 2.25. The van der Waals surface area contributed by atoms with E-state index in [4.69, 9.17) is 11.5 Å². The van der Waals surface area contributed by atoms with Crippen molar-refractivity contribution in [2.24, 2.45) is 0 Å². The lowest BCUT2D eigenvalue weighted by atomic mass is 10.0. The molecule has 78 valence electrons. The highest BCUT2D eigenvalue weighted by atomic mass is 35.5. The van der Waals surface area contributed by atoms with Gasteiger partial charge < -0.3 is 11.5 Å². The first-order chi connectivity index (χ1) is 6.02. The molecule has 0 amide bonds. The van der Waals surface area contributed by atoms with Gasteiger partial charge in [-0.25, -0.2) is 0 Å². The van der Waals surface area contributed by atoms with Gasteiger partial charge in [-0.15, -0.1) is 12.4 Å². The Bertz CT molecular complexity index is 352. The van der Waals surface area contributed by atoms with E-state index in [2.05, 4.69) is 20.8 Å². The van der Waals surface area contributed by atoms with Crippen LogP contribution in [0.25, 0.3) is 5.57 Å². The van der Waals surface area contributed by atoms with Crippen LogP contribution in [0.15, 0.2) is 23.8 Å². The molecule has 0 spiro atoms. The van der Waals surface area contributed by atoms with Crippen molar-refractivity contribution in [2.45, 2.75) is 20.8 Å². The van der Waals surface area contributed by atoms with E-state index in [-0.39, 0.29) is 12.4 Å². The first-order valence-corrected chi connectivity index (χ1v) is 4.32. The molecule has 0 aliphatic rings. The molecule has 1 aromatic carbocycles. The molecule has 0 aromatic heterocycles. The van der Waals surface area contributed by atoms with Crippen LogP contribution in [0.4, 0.5) is 11.4 Å². The predicted molar refractivity (Wildman–Crippen MR) is 66.5 cm³/mol. The van der Waals surface area contributed by atoms with Gasteiger partial charge in [-0.3, -0.25) is 0 Å². The zero-order valence-electron chi connectivity index (χ0n) is 8.79. The number of hydrogen-bond acceptors (Lipinski definition) is 2. The summed E-state index contributed by atoms with van der Waals surface area (Å²) in [5, 5.41) is 0. The van der Waals surface area contributed by atoms with E-state index in [9.17, 15) is 0 Å². The average molecular weight is 213 g/mol. The Morgan fingerprint density at radius 3 is 2.14 bits per heavy atom. The van der Waals surface area contributed by atoms with Gasteiger partial charge in [0.2, 0.25) is 0 Å². The number of halogens is 1. The van der Waals surface area contributed by atoms with Crippen LogP contribution < -0.4 is 11.5 Å². The summed E-state index contributed by atoms with van der Waals surface area (Å²) in [7, 11) is 0. The number of benzene rings is 1. The number of rotatable bonds is 1. The van der Waals surface area contributed by atoms with Crippen LogP contribution in [0.5, 0.6) is 0 Å². The fourth-order valence-corrected chi connectivity index (χ4v) is 1.17. The molecule has 0 atom stereocenters. The smallest absolute Gasteiger partial charge is 0.0391 e. The minimum atomic E-state index is 0. The van der Waals surface area contributed by atoms with Gasteiger partial charge in [-0.05, 0) is 44.5 Å². The van der Waals surface area contributed by atoms with Crippen LogP contribution in [0.2, 0.25) is 0 Å². The molecule has 0 aliphatic carbocycles. The predicted octanol–water partition coefficient (Wildman–Crippen LogP) is 3.09. The maximum absolute atomic E-state index is 5.84. The molecule has 0 bridgehead atoms. The first kappa shape index (κ1) is 12.8. The highest BCUT2D eigenvalue weighted by molar-refractivity contribution is 5.85. The monoisotopic (exact) mass is 212 g/mol. The highest BCUT2D eigenvalue weighted by Gasteiger charge is 2.02. The summed E-state index contributed by atoms with van der Waals surface area (Å²) >= 11 is 0. The summed E-state index contributed by atoms with van der Waals surface area (Å²) in [5.41, 5.74) is 16.6. The molecule has 2 nitrogen and oxygen atoms in total. The lowest BCUT2D eigenvalue weighted by molar-refractivity contribution is 1.36. The molecule has 1 rings (SSSR count). The first-order valence-electron chi connectivity index (χ1n) is 4.32. The third-order valence-corrected chi connectivity index (χ3v) is 2.23. The van der Waals surface area contributed by atoms with Crippen LogP contribution in [-0.2, 0) is 0 Å². The summed E-state index contributed by atoms with van der Waals surface area (Å²) in [6.07, 6.45) is 0. The van der Waals surface area contributed by atoms with Crippen molar-refractivity contribution in [3.8, 4) is 0 Å². The molecule has 0 aliphatic heterocycles. The van der Waals surface area contributed by atoms with Gasteiger partial charge in [0.05, 0.1) is 0 Å². The number of hydrogen-bond donors (Lipinski definition) is 2. The largest absolute Gasteiger partial charge is 0.399 e. The van der Waals surface area contributed by atoms with Crippen LogP contribution >= 0.6 is 12.4 Å². The van der Waals surface area contributed by atoms with Crippen molar-refractivity contribution in [1.82, 2.24) is 0 Å². The number of nitrogens with two attached hydrogens (primary N) is 2. The normalized spacial score (nSPS) is 9.07. The lowest BCUT2D eigenvalue weighted by Crippen LogP contribution is -1.95. The zero-order chi connectivity index (χ0) is 10.0. The Labute approximate surface area is 91.4 Å². The number of nitrogen functional groups attached to an aromatic ring is 2. The minimum Gasteiger partial charge on any atom is -0.399 e. The van der Waals surface area contributed by atoms with Crippen molar-refractivity contribution in [3.05, 3.63) is 29.3 Å². The van der Waals surface area contributed by atoms with Crippen molar-refractivity contribution < 1.29 is 0 Å². The van der Waals surface area contributed by atoms with E-state index in [1.54, 1.807) is 0 Å². The minimum absolute atomic E-state index is 0. The van der Waals surface area contributed by atoms with E-state index in [1.165, 1.54) is 11.1 Å². The van der Waals surface area contributed by atoms with E-state index >= 15 is 0 Å². The van der Waals surface area contributed by atoms with Gasteiger partial charge in [-0.2, -0.15) is 0 Å². The van der Waals surface area contributed by atoms with E-state index in [1.807, 2.05) is 18.2 Å². The Morgan fingerprint density at radius 1 is 1.07 bits per heavy atom. The Morgan fingerprint density at radius 2 is 1.64 bits per heavy atom. The fourth-order valence-electron chi connectivity index (χ4n) is 1.17. The summed E-state index contributed by atoms with van der Waals surface area (Å²) in [6.45, 7) is 6.19. The van der Waals surface area contributed by atoms with Crippen LogP contribution in [0.1, 0.15) is 26.3 Å².